The molecule has 2 atom stereocenters. The highest BCUT2D eigenvalue weighted by Crippen LogP contribution is 2.45. The lowest BCUT2D eigenvalue weighted by Crippen LogP contribution is -2.45. The zero-order valence-electron chi connectivity index (χ0n) is 17.9. The molecule has 4 aromatic rings. The predicted octanol–water partition coefficient (Wildman–Crippen LogP) is 3.69. The number of carboxylic acids is 1. The first kappa shape index (κ1) is 22.1. The van der Waals surface area contributed by atoms with Crippen molar-refractivity contribution in [3.63, 3.8) is 0 Å². The van der Waals surface area contributed by atoms with Gasteiger partial charge in [0.05, 0.1) is 18.7 Å². The number of nitrogens with zero attached hydrogens (tertiary/aromatic N) is 4. The van der Waals surface area contributed by atoms with E-state index < -0.39 is 29.5 Å². The molecule has 2 N–H and O–H groups in total. The second-order valence-corrected chi connectivity index (χ2v) is 8.46. The Balaban J connectivity index is 1.60. The van der Waals surface area contributed by atoms with Crippen LogP contribution >= 0.6 is 0 Å². The predicted molar refractivity (Wildman–Crippen MR) is 115 cm³/mol. The number of carboxylic acid groups (broad SMARTS) is 1. The highest BCUT2D eigenvalue weighted by Gasteiger charge is 2.58. The van der Waals surface area contributed by atoms with Crippen LogP contribution in [-0.2, 0) is 29.7 Å². The van der Waals surface area contributed by atoms with E-state index >= 15 is 0 Å². The van der Waals surface area contributed by atoms with E-state index in [2.05, 4.69) is 10.3 Å². The number of rotatable bonds is 5. The van der Waals surface area contributed by atoms with Gasteiger partial charge in [0.15, 0.2) is 0 Å². The molecule has 0 aliphatic heterocycles. The first-order valence-corrected chi connectivity index (χ1v) is 10.8. The lowest BCUT2D eigenvalue weighted by atomic mass is 9.87. The normalized spacial score (nSPS) is 17.9. The molecule has 176 valence electrons. The van der Waals surface area contributed by atoms with Crippen LogP contribution in [0.2, 0.25) is 0 Å². The smallest absolute Gasteiger partial charge is 0.427 e. The fourth-order valence-corrected chi connectivity index (χ4v) is 5.02. The Morgan fingerprint density at radius 2 is 1.85 bits per heavy atom. The van der Waals surface area contributed by atoms with E-state index in [0.717, 1.165) is 28.5 Å². The molecule has 2 unspecified atom stereocenters. The van der Waals surface area contributed by atoms with Gasteiger partial charge >= 0.3 is 12.1 Å². The first-order chi connectivity index (χ1) is 16.2. The summed E-state index contributed by atoms with van der Waals surface area (Å²) in [5, 5.41) is 28.1. The Hall–Kier alpha value is -3.66. The summed E-state index contributed by atoms with van der Waals surface area (Å²) in [6.45, 7) is 0. The van der Waals surface area contributed by atoms with Crippen molar-refractivity contribution in [2.45, 2.75) is 43.5 Å². The summed E-state index contributed by atoms with van der Waals surface area (Å²) in [4.78, 5) is 11.5. The molecule has 3 heterocycles. The quantitative estimate of drug-likeness (QED) is 0.464. The summed E-state index contributed by atoms with van der Waals surface area (Å²) in [5.74, 6) is -0.946. The maximum Gasteiger partial charge on any atom is 0.427 e. The fourth-order valence-electron chi connectivity index (χ4n) is 5.02. The molecule has 7 nitrogen and oxygen atoms in total. The monoisotopic (exact) mass is 470 g/mol. The maximum atomic E-state index is 14.3. The summed E-state index contributed by atoms with van der Waals surface area (Å²) in [5.41, 5.74) is -0.832. The highest BCUT2D eigenvalue weighted by atomic mass is 19.4. The summed E-state index contributed by atoms with van der Waals surface area (Å²) in [6.07, 6.45) is -1.15. The van der Waals surface area contributed by atoms with Crippen molar-refractivity contribution in [1.82, 2.24) is 19.4 Å². The lowest BCUT2D eigenvalue weighted by molar-refractivity contribution is -0.251. The zero-order valence-corrected chi connectivity index (χ0v) is 17.9. The third kappa shape index (κ3) is 3.37. The summed E-state index contributed by atoms with van der Waals surface area (Å²) < 4.78 is 45.9. The first-order valence-electron chi connectivity index (χ1n) is 10.8. The van der Waals surface area contributed by atoms with Crippen LogP contribution in [0.5, 0.6) is 0 Å². The third-order valence-corrected chi connectivity index (χ3v) is 6.55. The summed E-state index contributed by atoms with van der Waals surface area (Å²) in [7, 11) is 0. The SMILES string of the molecule is O=C(O)Cc1c2c(n3ccccc13)CC(n1nncc1C(O)(c1ccccc1)C(F)(F)F)CC2. The largest absolute Gasteiger partial charge is 0.481 e. The van der Waals surface area contributed by atoms with Crippen LogP contribution in [-0.4, -0.2) is 41.8 Å². The van der Waals surface area contributed by atoms with E-state index in [1.54, 1.807) is 6.07 Å². The van der Waals surface area contributed by atoms with Gasteiger partial charge in [-0.15, -0.1) is 5.10 Å². The van der Waals surface area contributed by atoms with Gasteiger partial charge in [-0.2, -0.15) is 13.2 Å². The number of aliphatic hydroxyl groups is 1. The van der Waals surface area contributed by atoms with Crippen LogP contribution in [0.3, 0.4) is 0 Å². The average Bonchev–Trinajstić information content (AvgIpc) is 3.42. The van der Waals surface area contributed by atoms with Gasteiger partial charge in [0, 0.05) is 23.8 Å². The highest BCUT2D eigenvalue weighted by molar-refractivity contribution is 5.76. The van der Waals surface area contributed by atoms with Gasteiger partial charge in [-0.1, -0.05) is 41.6 Å². The second kappa shape index (κ2) is 7.98. The summed E-state index contributed by atoms with van der Waals surface area (Å²) in [6, 6.07) is 11.9. The number of carbonyl (C=O) groups is 1. The molecule has 0 saturated heterocycles. The molecule has 1 aromatic carbocycles. The Kier molecular flexibility index (Phi) is 5.20. The van der Waals surface area contributed by atoms with Crippen molar-refractivity contribution in [2.75, 3.05) is 0 Å². The molecular weight excluding hydrogens is 449 g/mol. The van der Waals surface area contributed by atoms with E-state index in [-0.39, 0.29) is 12.0 Å². The molecule has 1 aliphatic carbocycles. The fraction of sp³-hybridized carbons (Fsp3) is 0.292. The van der Waals surface area contributed by atoms with Gasteiger partial charge in [0.25, 0.3) is 0 Å². The lowest BCUT2D eigenvalue weighted by Gasteiger charge is -2.33. The van der Waals surface area contributed by atoms with Gasteiger partial charge < -0.3 is 14.6 Å². The van der Waals surface area contributed by atoms with E-state index in [9.17, 15) is 28.2 Å². The van der Waals surface area contributed by atoms with Crippen LogP contribution in [0.4, 0.5) is 13.2 Å². The van der Waals surface area contributed by atoms with Gasteiger partial charge in [-0.3, -0.25) is 4.79 Å². The van der Waals surface area contributed by atoms with Crippen molar-refractivity contribution in [3.05, 3.63) is 89.0 Å². The Morgan fingerprint density at radius 1 is 1.12 bits per heavy atom. The van der Waals surface area contributed by atoms with Crippen LogP contribution in [0.15, 0.2) is 60.9 Å². The molecule has 34 heavy (non-hydrogen) atoms. The van der Waals surface area contributed by atoms with Crippen LogP contribution < -0.4 is 0 Å². The van der Waals surface area contributed by atoms with E-state index in [0.29, 0.717) is 19.3 Å². The number of benzene rings is 1. The Labute approximate surface area is 192 Å². The molecular formula is C24H21F3N4O3. The molecule has 0 saturated carbocycles. The maximum absolute atomic E-state index is 14.3. The molecule has 1 aliphatic rings. The number of hydrogen-bond donors (Lipinski definition) is 2. The number of aromatic nitrogens is 4. The Morgan fingerprint density at radius 3 is 2.56 bits per heavy atom. The zero-order chi connectivity index (χ0) is 24.1. The molecule has 10 heteroatoms. The minimum atomic E-state index is -5.01. The number of hydrogen-bond acceptors (Lipinski definition) is 4. The minimum absolute atomic E-state index is 0.135. The molecule has 3 aromatic heterocycles. The molecule has 0 radical (unpaired) electrons. The van der Waals surface area contributed by atoms with Gasteiger partial charge in [0.2, 0.25) is 5.60 Å². The van der Waals surface area contributed by atoms with Crippen LogP contribution in [0.1, 0.15) is 40.5 Å². The van der Waals surface area contributed by atoms with E-state index in [1.807, 2.05) is 28.8 Å². The number of fused-ring (bicyclic) bond motifs is 3. The standard InChI is InChI=1S/C24H21F3N4O3/c25-24(26,27)23(34,15-6-2-1-3-7-15)21-14-28-29-31(21)16-9-10-17-18(13-22(32)33)19-8-4-5-11-30(19)20(17)12-16/h1-8,11,14,16,34H,9-10,12-13H2,(H,32,33). The van der Waals surface area contributed by atoms with Gasteiger partial charge in [-0.05, 0) is 41.7 Å². The molecule has 0 fully saturated rings. The molecule has 0 amide bonds. The van der Waals surface area contributed by atoms with Gasteiger partial charge in [0.1, 0.15) is 5.69 Å². The van der Waals surface area contributed by atoms with Crippen molar-refractivity contribution in [1.29, 1.82) is 0 Å². The summed E-state index contributed by atoms with van der Waals surface area (Å²) >= 11 is 0. The Bertz CT molecular complexity index is 1360. The van der Waals surface area contributed by atoms with Crippen molar-refractivity contribution in [2.24, 2.45) is 0 Å². The minimum Gasteiger partial charge on any atom is -0.481 e. The third-order valence-electron chi connectivity index (χ3n) is 6.55. The second-order valence-electron chi connectivity index (χ2n) is 8.46. The molecule has 0 spiro atoms. The van der Waals surface area contributed by atoms with Crippen LogP contribution in [0, 0.1) is 0 Å². The van der Waals surface area contributed by atoms with Gasteiger partial charge in [-0.25, -0.2) is 4.68 Å². The van der Waals surface area contributed by atoms with E-state index in [4.69, 9.17) is 0 Å². The van der Waals surface area contributed by atoms with Crippen LogP contribution in [0.25, 0.3) is 5.52 Å². The number of halogens is 3. The van der Waals surface area contributed by atoms with E-state index in [1.165, 1.54) is 28.9 Å². The van der Waals surface area contributed by atoms with Crippen molar-refractivity contribution in [3.8, 4) is 0 Å². The number of pyridine rings is 1. The topological polar surface area (TPSA) is 92.6 Å². The van der Waals surface area contributed by atoms with Crippen molar-refractivity contribution < 1.29 is 28.2 Å². The molecule has 0 bridgehead atoms. The molecule has 5 rings (SSSR count). The van der Waals surface area contributed by atoms with Crippen molar-refractivity contribution >= 4 is 11.5 Å². The number of aliphatic carboxylic acids is 1. The average molecular weight is 470 g/mol. The number of alkyl halides is 3.